The van der Waals surface area contributed by atoms with Gasteiger partial charge in [0.15, 0.2) is 0 Å². The van der Waals surface area contributed by atoms with E-state index in [1.807, 2.05) is 11.3 Å². The van der Waals surface area contributed by atoms with Gasteiger partial charge in [0.1, 0.15) is 0 Å². The maximum Gasteiger partial charge on any atom is 0.0605 e. The van der Waals surface area contributed by atoms with Crippen molar-refractivity contribution in [2.75, 3.05) is 0 Å². The van der Waals surface area contributed by atoms with Gasteiger partial charge in [0.2, 0.25) is 0 Å². The Morgan fingerprint density at radius 2 is 2.12 bits per heavy atom. The van der Waals surface area contributed by atoms with Crippen LogP contribution in [-0.4, -0.2) is 0 Å². The summed E-state index contributed by atoms with van der Waals surface area (Å²) in [4.78, 5) is 1.30. The van der Waals surface area contributed by atoms with Crippen LogP contribution in [0.15, 0.2) is 42.0 Å². The number of rotatable bonds is 2. The van der Waals surface area contributed by atoms with Crippen molar-refractivity contribution in [3.8, 4) is 0 Å². The molecule has 0 fully saturated rings. The molecule has 1 heterocycles. The largest absolute Gasteiger partial charge is 0.320 e. The molecule has 1 nitrogen and oxygen atoms in total. The fraction of sp³-hybridized carbons (Fsp3) is 0.286. The number of benzene rings is 1. The molecule has 16 heavy (non-hydrogen) atoms. The highest BCUT2D eigenvalue weighted by molar-refractivity contribution is 7.19. The van der Waals surface area contributed by atoms with Gasteiger partial charge in [0, 0.05) is 9.58 Å². The van der Waals surface area contributed by atoms with E-state index in [4.69, 9.17) is 5.73 Å². The number of nitrogens with two attached hydrogens (primary N) is 1. The smallest absolute Gasteiger partial charge is 0.0605 e. The number of thiophene rings is 1. The summed E-state index contributed by atoms with van der Waals surface area (Å²) in [6.07, 6.45) is 5.96. The van der Waals surface area contributed by atoms with Crippen molar-refractivity contribution in [3.63, 3.8) is 0 Å². The molecular formula is C14H15NS. The van der Waals surface area contributed by atoms with Crippen LogP contribution in [0, 0.1) is 0 Å². The Hall–Kier alpha value is -1.12. The van der Waals surface area contributed by atoms with Crippen LogP contribution in [0.2, 0.25) is 0 Å². The zero-order valence-corrected chi connectivity index (χ0v) is 9.96. The van der Waals surface area contributed by atoms with E-state index in [0.29, 0.717) is 0 Å². The second kappa shape index (κ2) is 4.04. The molecule has 82 valence electrons. The fourth-order valence-corrected chi connectivity index (χ4v) is 3.43. The SMILES string of the molecule is NC(C1=CCCC1)c1cc2ccccc2s1. The van der Waals surface area contributed by atoms with Crippen LogP contribution in [0.1, 0.15) is 30.2 Å². The molecule has 0 spiro atoms. The van der Waals surface area contributed by atoms with Gasteiger partial charge in [0.25, 0.3) is 0 Å². The topological polar surface area (TPSA) is 26.0 Å². The first-order valence-electron chi connectivity index (χ1n) is 5.77. The van der Waals surface area contributed by atoms with Crippen molar-refractivity contribution in [1.29, 1.82) is 0 Å². The average Bonchev–Trinajstić information content (AvgIpc) is 2.97. The highest BCUT2D eigenvalue weighted by Gasteiger charge is 2.16. The lowest BCUT2D eigenvalue weighted by Gasteiger charge is -2.10. The third-order valence-electron chi connectivity index (χ3n) is 3.23. The molecule has 3 rings (SSSR count). The van der Waals surface area contributed by atoms with E-state index in [1.165, 1.54) is 39.8 Å². The van der Waals surface area contributed by atoms with Crippen molar-refractivity contribution in [2.24, 2.45) is 5.73 Å². The molecule has 0 saturated carbocycles. The van der Waals surface area contributed by atoms with E-state index < -0.39 is 0 Å². The van der Waals surface area contributed by atoms with Crippen LogP contribution >= 0.6 is 11.3 Å². The third kappa shape index (κ3) is 1.68. The number of hydrogen-bond donors (Lipinski definition) is 1. The zero-order chi connectivity index (χ0) is 11.0. The molecule has 0 radical (unpaired) electrons. The first-order valence-corrected chi connectivity index (χ1v) is 6.59. The summed E-state index contributed by atoms with van der Waals surface area (Å²) in [5, 5.41) is 1.32. The van der Waals surface area contributed by atoms with Gasteiger partial charge in [-0.25, -0.2) is 0 Å². The summed E-state index contributed by atoms with van der Waals surface area (Å²) in [5.74, 6) is 0. The van der Waals surface area contributed by atoms with Crippen molar-refractivity contribution >= 4 is 21.4 Å². The first-order chi connectivity index (χ1) is 7.84. The molecule has 1 atom stereocenters. The van der Waals surface area contributed by atoms with Crippen molar-refractivity contribution < 1.29 is 0 Å². The molecule has 0 amide bonds. The standard InChI is InChI=1S/C14H15NS/c15-14(10-5-1-2-6-10)13-9-11-7-3-4-8-12(11)16-13/h3-5,7-9,14H,1-2,6,15H2. The van der Waals surface area contributed by atoms with Crippen molar-refractivity contribution in [3.05, 3.63) is 46.9 Å². The normalized spacial score (nSPS) is 17.7. The minimum atomic E-state index is 0.125. The van der Waals surface area contributed by atoms with Crippen molar-refractivity contribution in [2.45, 2.75) is 25.3 Å². The van der Waals surface area contributed by atoms with Crippen molar-refractivity contribution in [1.82, 2.24) is 0 Å². The number of hydrogen-bond acceptors (Lipinski definition) is 2. The predicted octanol–water partition coefficient (Wildman–Crippen LogP) is 4.01. The van der Waals surface area contributed by atoms with Gasteiger partial charge in [-0.3, -0.25) is 0 Å². The van der Waals surface area contributed by atoms with Crippen LogP contribution in [0.5, 0.6) is 0 Å². The third-order valence-corrected chi connectivity index (χ3v) is 4.43. The maximum absolute atomic E-state index is 6.31. The number of fused-ring (bicyclic) bond motifs is 1. The molecule has 1 aliphatic rings. The van der Waals surface area contributed by atoms with E-state index in [9.17, 15) is 0 Å². The molecule has 0 saturated heterocycles. The van der Waals surface area contributed by atoms with E-state index in [-0.39, 0.29) is 6.04 Å². The molecule has 0 bridgehead atoms. The summed E-state index contributed by atoms with van der Waals surface area (Å²) >= 11 is 1.83. The molecular weight excluding hydrogens is 214 g/mol. The highest BCUT2D eigenvalue weighted by atomic mass is 32.1. The minimum Gasteiger partial charge on any atom is -0.320 e. The quantitative estimate of drug-likeness (QED) is 0.774. The molecule has 1 aromatic carbocycles. The monoisotopic (exact) mass is 229 g/mol. The zero-order valence-electron chi connectivity index (χ0n) is 9.15. The lowest BCUT2D eigenvalue weighted by atomic mass is 10.1. The lowest BCUT2D eigenvalue weighted by Crippen LogP contribution is -2.10. The van der Waals surface area contributed by atoms with Crippen LogP contribution in [0.3, 0.4) is 0 Å². The molecule has 2 aromatic rings. The molecule has 1 aromatic heterocycles. The summed E-state index contributed by atoms with van der Waals surface area (Å²) in [6, 6.07) is 10.9. The lowest BCUT2D eigenvalue weighted by molar-refractivity contribution is 0.797. The van der Waals surface area contributed by atoms with Crippen LogP contribution < -0.4 is 5.73 Å². The molecule has 1 aliphatic carbocycles. The van der Waals surface area contributed by atoms with Crippen LogP contribution in [0.25, 0.3) is 10.1 Å². The van der Waals surface area contributed by atoms with E-state index in [2.05, 4.69) is 36.4 Å². The maximum atomic E-state index is 6.31. The Balaban J connectivity index is 1.99. The summed E-state index contributed by atoms with van der Waals surface area (Å²) in [7, 11) is 0. The van der Waals surface area contributed by atoms with E-state index in [1.54, 1.807) is 0 Å². The minimum absolute atomic E-state index is 0.125. The van der Waals surface area contributed by atoms with Gasteiger partial charge in [-0.1, -0.05) is 29.8 Å². The van der Waals surface area contributed by atoms with Gasteiger partial charge in [-0.15, -0.1) is 11.3 Å². The van der Waals surface area contributed by atoms with Crippen LogP contribution in [0.4, 0.5) is 0 Å². The fourth-order valence-electron chi connectivity index (χ4n) is 2.32. The Morgan fingerprint density at radius 1 is 1.25 bits per heavy atom. The van der Waals surface area contributed by atoms with Gasteiger partial charge in [-0.05, 0) is 36.8 Å². The number of allylic oxidation sites excluding steroid dienone is 1. The molecule has 2 heteroatoms. The van der Waals surface area contributed by atoms with Gasteiger partial charge in [0.05, 0.1) is 6.04 Å². The average molecular weight is 229 g/mol. The highest BCUT2D eigenvalue weighted by Crippen LogP contribution is 2.35. The molecule has 0 aliphatic heterocycles. The second-order valence-electron chi connectivity index (χ2n) is 4.34. The van der Waals surface area contributed by atoms with Gasteiger partial charge in [-0.2, -0.15) is 0 Å². The first kappa shape index (κ1) is 10.1. The van der Waals surface area contributed by atoms with Gasteiger partial charge < -0.3 is 5.73 Å². The summed E-state index contributed by atoms with van der Waals surface area (Å²) in [5.41, 5.74) is 7.73. The molecule has 1 unspecified atom stereocenters. The molecule has 2 N–H and O–H groups in total. The Kier molecular flexibility index (Phi) is 2.54. The Morgan fingerprint density at radius 3 is 2.88 bits per heavy atom. The van der Waals surface area contributed by atoms with Crippen LogP contribution in [-0.2, 0) is 0 Å². The second-order valence-corrected chi connectivity index (χ2v) is 5.45. The predicted molar refractivity (Wildman–Crippen MR) is 70.7 cm³/mol. The summed E-state index contributed by atoms with van der Waals surface area (Å²) < 4.78 is 1.34. The Bertz CT molecular complexity index is 505. The summed E-state index contributed by atoms with van der Waals surface area (Å²) in [6.45, 7) is 0. The van der Waals surface area contributed by atoms with E-state index >= 15 is 0 Å². The Labute approximate surface area is 99.6 Å². The van der Waals surface area contributed by atoms with E-state index in [0.717, 1.165) is 0 Å². The van der Waals surface area contributed by atoms with Gasteiger partial charge >= 0.3 is 0 Å².